The SMILES string of the molecule is Cn1[n+](C)c2ccccc2[n+]1C. The molecule has 0 N–H and O–H groups in total. The summed E-state index contributed by atoms with van der Waals surface area (Å²) >= 11 is 0. The first kappa shape index (κ1) is 7.28. The lowest BCUT2D eigenvalue weighted by molar-refractivity contribution is -0.892. The maximum Gasteiger partial charge on any atom is 0.308 e. The molecule has 1 aromatic carbocycles. The van der Waals surface area contributed by atoms with Crippen molar-refractivity contribution in [3.63, 3.8) is 0 Å². The lowest BCUT2D eigenvalue weighted by Gasteiger charge is -1.81. The van der Waals surface area contributed by atoms with E-state index in [2.05, 4.69) is 52.5 Å². The van der Waals surface area contributed by atoms with Gasteiger partial charge in [-0.1, -0.05) is 21.5 Å². The summed E-state index contributed by atoms with van der Waals surface area (Å²) in [5.74, 6) is 0. The molecule has 0 spiro atoms. The minimum Gasteiger partial charge on any atom is -0.0554 e. The number of aryl methyl sites for hydroxylation is 2. The van der Waals surface area contributed by atoms with E-state index in [0.29, 0.717) is 0 Å². The second-order valence-electron chi connectivity index (χ2n) is 3.03. The Hall–Kier alpha value is -1.38. The van der Waals surface area contributed by atoms with Gasteiger partial charge in [-0.2, -0.15) is 0 Å². The molecule has 0 fully saturated rings. The van der Waals surface area contributed by atoms with Crippen LogP contribution in [0.5, 0.6) is 0 Å². The van der Waals surface area contributed by atoms with Crippen molar-refractivity contribution in [2.24, 2.45) is 21.1 Å². The second kappa shape index (κ2) is 2.30. The molecule has 0 aliphatic carbocycles. The summed E-state index contributed by atoms with van der Waals surface area (Å²) < 4.78 is 4.24. The maximum absolute atomic E-state index is 2.12. The van der Waals surface area contributed by atoms with Crippen LogP contribution in [0.3, 0.4) is 0 Å². The number of hydrogen-bond donors (Lipinski definition) is 0. The first-order valence-electron chi connectivity index (χ1n) is 4.02. The number of benzene rings is 1. The van der Waals surface area contributed by atoms with Crippen molar-refractivity contribution in [2.75, 3.05) is 0 Å². The van der Waals surface area contributed by atoms with Crippen LogP contribution in [0.1, 0.15) is 0 Å². The molecule has 1 aromatic heterocycles. The van der Waals surface area contributed by atoms with Crippen LogP contribution in [0, 0.1) is 0 Å². The van der Waals surface area contributed by atoms with Gasteiger partial charge in [0, 0.05) is 16.9 Å². The third-order valence-electron chi connectivity index (χ3n) is 2.45. The van der Waals surface area contributed by atoms with Gasteiger partial charge in [0.25, 0.3) is 0 Å². The number of hydrogen-bond acceptors (Lipinski definition) is 0. The molecular formula is C9H13N3+2. The Morgan fingerprint density at radius 1 is 1.00 bits per heavy atom. The summed E-state index contributed by atoms with van der Waals surface area (Å²) in [6.07, 6.45) is 0. The van der Waals surface area contributed by atoms with E-state index < -0.39 is 0 Å². The van der Waals surface area contributed by atoms with Gasteiger partial charge in [0.1, 0.15) is 7.05 Å². The highest BCUT2D eigenvalue weighted by molar-refractivity contribution is 5.66. The van der Waals surface area contributed by atoms with Gasteiger partial charge in [0.15, 0.2) is 14.1 Å². The van der Waals surface area contributed by atoms with Crippen molar-refractivity contribution in [2.45, 2.75) is 0 Å². The average Bonchev–Trinajstić information content (AvgIpc) is 2.33. The predicted molar refractivity (Wildman–Crippen MR) is 45.3 cm³/mol. The zero-order chi connectivity index (χ0) is 8.72. The van der Waals surface area contributed by atoms with Crippen molar-refractivity contribution in [1.82, 2.24) is 4.80 Å². The van der Waals surface area contributed by atoms with Crippen LogP contribution in [-0.2, 0) is 21.1 Å². The Morgan fingerprint density at radius 2 is 1.42 bits per heavy atom. The minimum atomic E-state index is 1.25. The molecule has 2 rings (SSSR count). The standard InChI is InChI=1S/C9H13N3/c1-10-8-6-4-5-7-9(8)11(2)12(10)3/h4-7H,1-3H3/q+2. The number of nitrogens with zero attached hydrogens (tertiary/aromatic N) is 3. The van der Waals surface area contributed by atoms with E-state index in [1.807, 2.05) is 7.05 Å². The summed E-state index contributed by atoms with van der Waals surface area (Å²) in [5.41, 5.74) is 2.50. The van der Waals surface area contributed by atoms with Gasteiger partial charge < -0.3 is 0 Å². The number of fused-ring (bicyclic) bond motifs is 1. The van der Waals surface area contributed by atoms with E-state index in [4.69, 9.17) is 0 Å². The molecule has 0 radical (unpaired) electrons. The average molecular weight is 163 g/mol. The normalized spacial score (nSPS) is 10.9. The molecule has 0 amide bonds. The quantitative estimate of drug-likeness (QED) is 0.478. The fraction of sp³-hybridized carbons (Fsp3) is 0.333. The van der Waals surface area contributed by atoms with Gasteiger partial charge in [-0.05, 0) is 0 Å². The number of para-hydroxylation sites is 2. The molecule has 0 atom stereocenters. The highest BCUT2D eigenvalue weighted by Gasteiger charge is 2.21. The largest absolute Gasteiger partial charge is 0.308 e. The van der Waals surface area contributed by atoms with Gasteiger partial charge in [0.2, 0.25) is 0 Å². The third kappa shape index (κ3) is 0.763. The second-order valence-corrected chi connectivity index (χ2v) is 3.03. The molecule has 62 valence electrons. The predicted octanol–water partition coefficient (Wildman–Crippen LogP) is -0.173. The molecule has 3 heteroatoms. The molecule has 2 aromatic rings. The van der Waals surface area contributed by atoms with E-state index in [0.717, 1.165) is 0 Å². The molecule has 0 unspecified atom stereocenters. The zero-order valence-electron chi connectivity index (χ0n) is 7.65. The minimum absolute atomic E-state index is 1.25. The number of rotatable bonds is 0. The van der Waals surface area contributed by atoms with Gasteiger partial charge in [-0.15, -0.1) is 0 Å². The summed E-state index contributed by atoms with van der Waals surface area (Å²) in [7, 11) is 6.16. The van der Waals surface area contributed by atoms with Crippen LogP contribution in [0.2, 0.25) is 0 Å². The monoisotopic (exact) mass is 163 g/mol. The topological polar surface area (TPSA) is 12.7 Å². The van der Waals surface area contributed by atoms with E-state index >= 15 is 0 Å². The Balaban J connectivity index is 2.99. The molecule has 1 heterocycles. The van der Waals surface area contributed by atoms with E-state index in [-0.39, 0.29) is 0 Å². The summed E-state index contributed by atoms with van der Waals surface area (Å²) in [4.78, 5) is 2.07. The highest BCUT2D eigenvalue weighted by Crippen LogP contribution is 2.01. The van der Waals surface area contributed by atoms with Crippen molar-refractivity contribution in [3.8, 4) is 0 Å². The van der Waals surface area contributed by atoms with Crippen LogP contribution < -0.4 is 9.36 Å². The highest BCUT2D eigenvalue weighted by atomic mass is 15.6. The number of aromatic nitrogens is 3. The van der Waals surface area contributed by atoms with Gasteiger partial charge in [-0.3, -0.25) is 0 Å². The van der Waals surface area contributed by atoms with E-state index in [1.54, 1.807) is 0 Å². The van der Waals surface area contributed by atoms with Crippen LogP contribution in [0.25, 0.3) is 11.0 Å². The lowest BCUT2D eigenvalue weighted by atomic mass is 10.3. The van der Waals surface area contributed by atoms with Crippen molar-refractivity contribution >= 4 is 11.0 Å². The van der Waals surface area contributed by atoms with Crippen LogP contribution in [0.4, 0.5) is 0 Å². The molecule has 0 saturated heterocycles. The zero-order valence-corrected chi connectivity index (χ0v) is 7.65. The van der Waals surface area contributed by atoms with Crippen LogP contribution in [-0.4, -0.2) is 4.80 Å². The fourth-order valence-corrected chi connectivity index (χ4v) is 1.52. The summed E-state index contributed by atoms with van der Waals surface area (Å²) in [6, 6.07) is 8.36. The summed E-state index contributed by atoms with van der Waals surface area (Å²) in [6.45, 7) is 0. The van der Waals surface area contributed by atoms with Gasteiger partial charge in [0.05, 0.1) is 0 Å². The van der Waals surface area contributed by atoms with Crippen LogP contribution >= 0.6 is 0 Å². The van der Waals surface area contributed by atoms with E-state index in [1.165, 1.54) is 11.0 Å². The summed E-state index contributed by atoms with van der Waals surface area (Å²) in [5, 5.41) is 0. The molecule has 12 heavy (non-hydrogen) atoms. The third-order valence-corrected chi connectivity index (χ3v) is 2.45. The maximum atomic E-state index is 2.12. The Bertz CT molecular complexity index is 390. The Labute approximate surface area is 71.4 Å². The first-order valence-corrected chi connectivity index (χ1v) is 4.02. The molecule has 0 aliphatic heterocycles. The van der Waals surface area contributed by atoms with Gasteiger partial charge in [-0.25, -0.2) is 0 Å². The Kier molecular flexibility index (Phi) is 1.40. The Morgan fingerprint density at radius 3 is 1.83 bits per heavy atom. The molecule has 0 saturated carbocycles. The van der Waals surface area contributed by atoms with Gasteiger partial charge >= 0.3 is 11.0 Å². The fourth-order valence-electron chi connectivity index (χ4n) is 1.52. The smallest absolute Gasteiger partial charge is 0.0554 e. The molecule has 0 bridgehead atoms. The van der Waals surface area contributed by atoms with Crippen molar-refractivity contribution < 1.29 is 9.36 Å². The first-order chi connectivity index (χ1) is 5.72. The van der Waals surface area contributed by atoms with E-state index in [9.17, 15) is 0 Å². The van der Waals surface area contributed by atoms with Crippen molar-refractivity contribution in [1.29, 1.82) is 0 Å². The molecule has 0 aliphatic rings. The lowest BCUT2D eigenvalue weighted by Crippen LogP contribution is -2.50. The molecule has 3 nitrogen and oxygen atoms in total. The molecular weight excluding hydrogens is 150 g/mol. The van der Waals surface area contributed by atoms with Crippen LogP contribution in [0.15, 0.2) is 24.3 Å². The van der Waals surface area contributed by atoms with Crippen molar-refractivity contribution in [3.05, 3.63) is 24.3 Å².